The van der Waals surface area contributed by atoms with Crippen LogP contribution in [0.25, 0.3) is 0 Å². The Kier molecular flexibility index (Phi) is 1.74. The fourth-order valence-corrected chi connectivity index (χ4v) is 3.55. The molecule has 0 spiro atoms. The molecular weight excluding hydrogens is 158 g/mol. The standard InChI is InChI=1S/C12H21N/c13-12(10-6-7-10)8-11(12)9-4-2-1-3-5-9/h9-11H,1-8,13H2. The van der Waals surface area contributed by atoms with E-state index in [4.69, 9.17) is 5.73 Å². The molecule has 0 aliphatic heterocycles. The minimum Gasteiger partial charge on any atom is -0.325 e. The van der Waals surface area contributed by atoms with Gasteiger partial charge in [-0.1, -0.05) is 32.1 Å². The molecular formula is C12H21N. The molecule has 74 valence electrons. The molecule has 3 saturated carbocycles. The summed E-state index contributed by atoms with van der Waals surface area (Å²) in [7, 11) is 0. The van der Waals surface area contributed by atoms with E-state index in [0.29, 0.717) is 5.54 Å². The number of hydrogen-bond acceptors (Lipinski definition) is 1. The van der Waals surface area contributed by atoms with Crippen molar-refractivity contribution in [1.82, 2.24) is 0 Å². The van der Waals surface area contributed by atoms with Gasteiger partial charge in [0.15, 0.2) is 0 Å². The third kappa shape index (κ3) is 1.32. The van der Waals surface area contributed by atoms with Crippen molar-refractivity contribution in [3.63, 3.8) is 0 Å². The molecule has 3 aliphatic carbocycles. The highest BCUT2D eigenvalue weighted by Gasteiger charge is 2.61. The first kappa shape index (κ1) is 8.28. The molecule has 0 bridgehead atoms. The molecule has 0 amide bonds. The van der Waals surface area contributed by atoms with Crippen LogP contribution in [-0.4, -0.2) is 5.54 Å². The van der Waals surface area contributed by atoms with E-state index in [1.807, 2.05) is 0 Å². The lowest BCUT2D eigenvalue weighted by molar-refractivity contribution is 0.294. The topological polar surface area (TPSA) is 26.0 Å². The van der Waals surface area contributed by atoms with Gasteiger partial charge in [-0.25, -0.2) is 0 Å². The lowest BCUT2D eigenvalue weighted by Crippen LogP contribution is -2.30. The highest BCUT2D eigenvalue weighted by molar-refractivity contribution is 5.17. The number of hydrogen-bond donors (Lipinski definition) is 1. The van der Waals surface area contributed by atoms with Crippen molar-refractivity contribution >= 4 is 0 Å². The molecule has 0 heterocycles. The van der Waals surface area contributed by atoms with Gasteiger partial charge in [-0.05, 0) is 37.0 Å². The number of rotatable bonds is 2. The Morgan fingerprint density at radius 1 is 0.923 bits per heavy atom. The van der Waals surface area contributed by atoms with E-state index in [9.17, 15) is 0 Å². The van der Waals surface area contributed by atoms with E-state index in [1.54, 1.807) is 0 Å². The molecule has 3 aliphatic rings. The maximum atomic E-state index is 6.43. The van der Waals surface area contributed by atoms with Gasteiger partial charge in [-0.3, -0.25) is 0 Å². The van der Waals surface area contributed by atoms with Gasteiger partial charge in [0.1, 0.15) is 0 Å². The summed E-state index contributed by atoms with van der Waals surface area (Å²) in [5, 5.41) is 0. The molecule has 13 heavy (non-hydrogen) atoms. The fourth-order valence-electron chi connectivity index (χ4n) is 3.55. The first-order valence-electron chi connectivity index (χ1n) is 6.09. The van der Waals surface area contributed by atoms with Crippen molar-refractivity contribution in [3.05, 3.63) is 0 Å². The monoisotopic (exact) mass is 179 g/mol. The lowest BCUT2D eigenvalue weighted by atomic mass is 9.83. The zero-order valence-electron chi connectivity index (χ0n) is 8.47. The second kappa shape index (κ2) is 2.73. The molecule has 1 nitrogen and oxygen atoms in total. The Bertz CT molecular complexity index is 203. The highest BCUT2D eigenvalue weighted by atomic mass is 14.9. The van der Waals surface area contributed by atoms with Crippen molar-refractivity contribution in [2.24, 2.45) is 23.5 Å². The Morgan fingerprint density at radius 2 is 1.62 bits per heavy atom. The van der Waals surface area contributed by atoms with Gasteiger partial charge in [0.25, 0.3) is 0 Å². The molecule has 2 unspecified atom stereocenters. The summed E-state index contributed by atoms with van der Waals surface area (Å²) in [4.78, 5) is 0. The lowest BCUT2D eigenvalue weighted by Gasteiger charge is -2.23. The second-order valence-electron chi connectivity index (χ2n) is 5.60. The Hall–Kier alpha value is -0.0400. The van der Waals surface area contributed by atoms with Crippen molar-refractivity contribution in [1.29, 1.82) is 0 Å². The molecule has 0 saturated heterocycles. The smallest absolute Gasteiger partial charge is 0.0218 e. The number of nitrogens with two attached hydrogens (primary N) is 1. The van der Waals surface area contributed by atoms with E-state index in [2.05, 4.69) is 0 Å². The Balaban J connectivity index is 1.61. The van der Waals surface area contributed by atoms with Crippen LogP contribution in [0.5, 0.6) is 0 Å². The first-order chi connectivity index (χ1) is 6.31. The zero-order chi connectivity index (χ0) is 8.89. The third-order valence-corrected chi connectivity index (χ3v) is 4.66. The molecule has 0 aromatic rings. The van der Waals surface area contributed by atoms with E-state index in [-0.39, 0.29) is 0 Å². The van der Waals surface area contributed by atoms with Crippen LogP contribution in [0.3, 0.4) is 0 Å². The summed E-state index contributed by atoms with van der Waals surface area (Å²) >= 11 is 0. The van der Waals surface area contributed by atoms with Crippen LogP contribution in [0.1, 0.15) is 51.4 Å². The summed E-state index contributed by atoms with van der Waals surface area (Å²) < 4.78 is 0. The van der Waals surface area contributed by atoms with Crippen LogP contribution in [0.2, 0.25) is 0 Å². The molecule has 1 heteroatoms. The van der Waals surface area contributed by atoms with Crippen molar-refractivity contribution < 1.29 is 0 Å². The van der Waals surface area contributed by atoms with Crippen LogP contribution in [0, 0.1) is 17.8 Å². The van der Waals surface area contributed by atoms with Crippen LogP contribution in [-0.2, 0) is 0 Å². The predicted octanol–water partition coefficient (Wildman–Crippen LogP) is 2.69. The van der Waals surface area contributed by atoms with Crippen LogP contribution < -0.4 is 5.73 Å². The highest BCUT2D eigenvalue weighted by Crippen LogP contribution is 2.60. The van der Waals surface area contributed by atoms with Gasteiger partial charge < -0.3 is 5.73 Å². The SMILES string of the molecule is NC1(C2CC2)CC1C1CCCCC1. The van der Waals surface area contributed by atoms with E-state index in [0.717, 1.165) is 17.8 Å². The molecule has 0 aromatic heterocycles. The Labute approximate surface area is 81.1 Å². The van der Waals surface area contributed by atoms with Crippen molar-refractivity contribution in [2.75, 3.05) is 0 Å². The van der Waals surface area contributed by atoms with Gasteiger partial charge in [0.05, 0.1) is 0 Å². The van der Waals surface area contributed by atoms with Crippen LogP contribution in [0.4, 0.5) is 0 Å². The van der Waals surface area contributed by atoms with Gasteiger partial charge in [0.2, 0.25) is 0 Å². The van der Waals surface area contributed by atoms with Gasteiger partial charge in [-0.15, -0.1) is 0 Å². The summed E-state index contributed by atoms with van der Waals surface area (Å²) in [6.45, 7) is 0. The van der Waals surface area contributed by atoms with E-state index >= 15 is 0 Å². The molecule has 3 fully saturated rings. The summed E-state index contributed by atoms with van der Waals surface area (Å²) in [5.41, 5.74) is 6.76. The minimum absolute atomic E-state index is 0.335. The van der Waals surface area contributed by atoms with Gasteiger partial charge >= 0.3 is 0 Å². The van der Waals surface area contributed by atoms with Crippen LogP contribution in [0.15, 0.2) is 0 Å². The van der Waals surface area contributed by atoms with E-state index < -0.39 is 0 Å². The normalized spacial score (nSPS) is 46.4. The van der Waals surface area contributed by atoms with Gasteiger partial charge in [-0.2, -0.15) is 0 Å². The average Bonchev–Trinajstić information content (AvgIpc) is 2.98. The molecule has 2 N–H and O–H groups in total. The third-order valence-electron chi connectivity index (χ3n) is 4.66. The van der Waals surface area contributed by atoms with Gasteiger partial charge in [0, 0.05) is 5.54 Å². The Morgan fingerprint density at radius 3 is 2.23 bits per heavy atom. The maximum Gasteiger partial charge on any atom is 0.0218 e. The molecule has 0 aromatic carbocycles. The van der Waals surface area contributed by atoms with Crippen LogP contribution >= 0.6 is 0 Å². The second-order valence-corrected chi connectivity index (χ2v) is 5.60. The quantitative estimate of drug-likeness (QED) is 0.693. The van der Waals surface area contributed by atoms with Crippen molar-refractivity contribution in [2.45, 2.75) is 56.9 Å². The molecule has 3 rings (SSSR count). The minimum atomic E-state index is 0.335. The molecule has 0 radical (unpaired) electrons. The summed E-state index contributed by atoms with van der Waals surface area (Å²) in [5.74, 6) is 2.87. The maximum absolute atomic E-state index is 6.43. The molecule has 2 atom stereocenters. The van der Waals surface area contributed by atoms with Crippen molar-refractivity contribution in [3.8, 4) is 0 Å². The summed E-state index contributed by atoms with van der Waals surface area (Å²) in [6, 6.07) is 0. The predicted molar refractivity (Wildman–Crippen MR) is 54.3 cm³/mol. The zero-order valence-corrected chi connectivity index (χ0v) is 8.47. The largest absolute Gasteiger partial charge is 0.325 e. The first-order valence-corrected chi connectivity index (χ1v) is 6.09. The van der Waals surface area contributed by atoms with E-state index in [1.165, 1.54) is 51.4 Å². The fraction of sp³-hybridized carbons (Fsp3) is 1.00. The summed E-state index contributed by atoms with van der Waals surface area (Å²) in [6.07, 6.45) is 11.6. The average molecular weight is 179 g/mol.